The number of nitrogens with zero attached hydrogens (tertiary/aromatic N) is 2. The number of rotatable bonds is 2. The predicted molar refractivity (Wildman–Crippen MR) is 58.4 cm³/mol. The lowest BCUT2D eigenvalue weighted by Gasteiger charge is -2.27. The first-order valence-electron chi connectivity index (χ1n) is 4.84. The average Bonchev–Trinajstić information content (AvgIpc) is 2.28. The number of benzene rings is 1. The molecule has 0 fully saturated rings. The summed E-state index contributed by atoms with van der Waals surface area (Å²) in [4.78, 5) is 12.3. The smallest absolute Gasteiger partial charge is 0.314 e. The van der Waals surface area contributed by atoms with Gasteiger partial charge >= 0.3 is 5.69 Å². The molecule has 1 aliphatic rings. The number of anilines is 1. The van der Waals surface area contributed by atoms with Gasteiger partial charge in [0.1, 0.15) is 12.4 Å². The van der Waals surface area contributed by atoms with Crippen LogP contribution in [0.3, 0.4) is 0 Å². The molecule has 0 bridgehead atoms. The third kappa shape index (κ3) is 1.62. The van der Waals surface area contributed by atoms with Gasteiger partial charge < -0.3 is 14.4 Å². The van der Waals surface area contributed by atoms with Gasteiger partial charge in [0.25, 0.3) is 0 Å². The lowest BCUT2D eigenvalue weighted by atomic mass is 10.2. The van der Waals surface area contributed by atoms with Crippen LogP contribution in [0.25, 0.3) is 0 Å². The molecule has 0 radical (unpaired) electrons. The maximum Gasteiger partial charge on any atom is 0.314 e. The van der Waals surface area contributed by atoms with Crippen molar-refractivity contribution in [2.24, 2.45) is 0 Å². The van der Waals surface area contributed by atoms with E-state index in [0.717, 1.165) is 12.2 Å². The molecule has 0 saturated heterocycles. The second-order valence-electron chi connectivity index (χ2n) is 3.52. The molecule has 1 aromatic carbocycles. The van der Waals surface area contributed by atoms with E-state index in [1.165, 1.54) is 13.2 Å². The first kappa shape index (κ1) is 10.5. The minimum Gasteiger partial charge on any atom is -0.490 e. The molecule has 0 spiro atoms. The Morgan fingerprint density at radius 3 is 2.94 bits per heavy atom. The van der Waals surface area contributed by atoms with E-state index >= 15 is 0 Å². The number of hydrogen-bond donors (Lipinski definition) is 0. The van der Waals surface area contributed by atoms with Gasteiger partial charge in [-0.1, -0.05) is 0 Å². The first-order valence-corrected chi connectivity index (χ1v) is 4.84. The zero-order chi connectivity index (χ0) is 11.7. The monoisotopic (exact) mass is 224 g/mol. The topological polar surface area (TPSA) is 64.8 Å². The molecule has 0 amide bonds. The van der Waals surface area contributed by atoms with E-state index in [4.69, 9.17) is 9.47 Å². The van der Waals surface area contributed by atoms with Crippen LogP contribution in [-0.4, -0.2) is 32.2 Å². The van der Waals surface area contributed by atoms with Gasteiger partial charge in [0.2, 0.25) is 0 Å². The Hall–Kier alpha value is -1.98. The van der Waals surface area contributed by atoms with Crippen LogP contribution >= 0.6 is 0 Å². The fourth-order valence-electron chi connectivity index (χ4n) is 1.67. The van der Waals surface area contributed by atoms with Crippen LogP contribution in [-0.2, 0) is 0 Å². The molecule has 86 valence electrons. The Morgan fingerprint density at radius 1 is 1.56 bits per heavy atom. The normalized spacial score (nSPS) is 14.0. The third-order valence-corrected chi connectivity index (χ3v) is 2.55. The summed E-state index contributed by atoms with van der Waals surface area (Å²) in [5, 5.41) is 10.8. The number of ether oxygens (including phenoxy) is 2. The van der Waals surface area contributed by atoms with Crippen LogP contribution in [0, 0.1) is 10.1 Å². The number of hydrogen-bond acceptors (Lipinski definition) is 5. The Morgan fingerprint density at radius 2 is 2.31 bits per heavy atom. The molecule has 1 aliphatic heterocycles. The summed E-state index contributed by atoms with van der Waals surface area (Å²) in [5.74, 6) is 0.780. The fourth-order valence-corrected chi connectivity index (χ4v) is 1.67. The molecule has 6 nitrogen and oxygen atoms in total. The quantitative estimate of drug-likeness (QED) is 0.561. The highest BCUT2D eigenvalue weighted by Gasteiger charge is 2.23. The van der Waals surface area contributed by atoms with Gasteiger partial charge in [-0.25, -0.2) is 0 Å². The van der Waals surface area contributed by atoms with Crippen molar-refractivity contribution in [3.8, 4) is 11.5 Å². The van der Waals surface area contributed by atoms with Crippen molar-refractivity contribution < 1.29 is 14.4 Å². The summed E-state index contributed by atoms with van der Waals surface area (Å²) < 4.78 is 10.4. The van der Waals surface area contributed by atoms with Crippen LogP contribution in [0.15, 0.2) is 12.1 Å². The zero-order valence-corrected chi connectivity index (χ0v) is 9.10. The van der Waals surface area contributed by atoms with Gasteiger partial charge in [0.15, 0.2) is 5.75 Å². The Bertz CT molecular complexity index is 433. The standard InChI is InChI=1S/C10H12N2O4/c1-11-3-4-16-10-6-8(12(13)14)9(15-2)5-7(10)11/h5-6H,3-4H2,1-2H3. The molecule has 6 heteroatoms. The summed E-state index contributed by atoms with van der Waals surface area (Å²) >= 11 is 0. The fraction of sp³-hybridized carbons (Fsp3) is 0.400. The van der Waals surface area contributed by atoms with Crippen molar-refractivity contribution in [2.75, 3.05) is 32.2 Å². The molecule has 0 N–H and O–H groups in total. The van der Waals surface area contributed by atoms with Gasteiger partial charge in [-0.15, -0.1) is 0 Å². The highest BCUT2D eigenvalue weighted by Crippen LogP contribution is 2.40. The predicted octanol–water partition coefficient (Wildman–Crippen LogP) is 1.43. The van der Waals surface area contributed by atoms with Crippen molar-refractivity contribution >= 4 is 11.4 Å². The largest absolute Gasteiger partial charge is 0.490 e. The summed E-state index contributed by atoms with van der Waals surface area (Å²) in [5.41, 5.74) is 0.741. The molecule has 0 saturated carbocycles. The van der Waals surface area contributed by atoms with Gasteiger partial charge in [0.05, 0.1) is 30.3 Å². The van der Waals surface area contributed by atoms with Crippen LogP contribution in [0.2, 0.25) is 0 Å². The van der Waals surface area contributed by atoms with Crippen molar-refractivity contribution in [3.63, 3.8) is 0 Å². The second-order valence-corrected chi connectivity index (χ2v) is 3.52. The van der Waals surface area contributed by atoms with E-state index in [0.29, 0.717) is 12.4 Å². The number of fused-ring (bicyclic) bond motifs is 1. The van der Waals surface area contributed by atoms with Crippen molar-refractivity contribution in [1.29, 1.82) is 0 Å². The summed E-state index contributed by atoms with van der Waals surface area (Å²) in [6, 6.07) is 3.04. The Kier molecular flexibility index (Phi) is 2.55. The first-order chi connectivity index (χ1) is 7.63. The molecule has 1 aromatic rings. The highest BCUT2D eigenvalue weighted by atomic mass is 16.6. The average molecular weight is 224 g/mol. The van der Waals surface area contributed by atoms with Gasteiger partial charge in [-0.05, 0) is 0 Å². The molecule has 1 heterocycles. The Balaban J connectivity index is 2.55. The van der Waals surface area contributed by atoms with E-state index in [-0.39, 0.29) is 11.4 Å². The maximum atomic E-state index is 10.8. The van der Waals surface area contributed by atoms with Gasteiger partial charge in [-0.2, -0.15) is 0 Å². The molecule has 0 atom stereocenters. The number of methoxy groups -OCH3 is 1. The van der Waals surface area contributed by atoms with Crippen LogP contribution in [0.1, 0.15) is 0 Å². The summed E-state index contributed by atoms with van der Waals surface area (Å²) in [6.07, 6.45) is 0. The maximum absolute atomic E-state index is 10.8. The van der Waals surface area contributed by atoms with Crippen molar-refractivity contribution in [3.05, 3.63) is 22.2 Å². The number of nitro groups is 1. The minimum atomic E-state index is -0.475. The highest BCUT2D eigenvalue weighted by molar-refractivity contribution is 5.68. The molecule has 0 aliphatic carbocycles. The van der Waals surface area contributed by atoms with E-state index in [9.17, 15) is 10.1 Å². The molecule has 16 heavy (non-hydrogen) atoms. The molecular weight excluding hydrogens is 212 g/mol. The van der Waals surface area contributed by atoms with Crippen LogP contribution in [0.5, 0.6) is 11.5 Å². The summed E-state index contributed by atoms with van der Waals surface area (Å²) in [6.45, 7) is 1.29. The lowest BCUT2D eigenvalue weighted by Crippen LogP contribution is -2.28. The second kappa shape index (κ2) is 3.88. The van der Waals surface area contributed by atoms with E-state index in [1.807, 2.05) is 11.9 Å². The van der Waals surface area contributed by atoms with Gasteiger partial charge in [0, 0.05) is 13.1 Å². The van der Waals surface area contributed by atoms with Crippen molar-refractivity contribution in [1.82, 2.24) is 0 Å². The van der Waals surface area contributed by atoms with Gasteiger partial charge in [-0.3, -0.25) is 10.1 Å². The van der Waals surface area contributed by atoms with E-state index in [1.54, 1.807) is 6.07 Å². The Labute approximate surface area is 92.5 Å². The molecule has 0 aromatic heterocycles. The van der Waals surface area contributed by atoms with E-state index in [2.05, 4.69) is 0 Å². The van der Waals surface area contributed by atoms with Crippen molar-refractivity contribution in [2.45, 2.75) is 0 Å². The molecule has 0 unspecified atom stereocenters. The SMILES string of the molecule is COc1cc2c(cc1[N+](=O)[O-])OCCN2C. The van der Waals surface area contributed by atoms with E-state index < -0.39 is 4.92 Å². The number of likely N-dealkylation sites (N-methyl/N-ethyl adjacent to an activating group) is 1. The number of nitro benzene ring substituents is 1. The summed E-state index contributed by atoms with van der Waals surface area (Å²) in [7, 11) is 3.32. The molecular formula is C10H12N2O4. The molecule has 2 rings (SSSR count). The lowest BCUT2D eigenvalue weighted by molar-refractivity contribution is -0.385. The zero-order valence-electron chi connectivity index (χ0n) is 9.10. The third-order valence-electron chi connectivity index (χ3n) is 2.55. The van der Waals surface area contributed by atoms with Crippen LogP contribution < -0.4 is 14.4 Å². The van der Waals surface area contributed by atoms with Crippen LogP contribution in [0.4, 0.5) is 11.4 Å². The minimum absolute atomic E-state index is 0.0726.